The summed E-state index contributed by atoms with van der Waals surface area (Å²) in [6, 6.07) is 5.83. The Hall–Kier alpha value is -1.00. The number of rotatable bonds is 1. The minimum atomic E-state index is 0.664. The van der Waals surface area contributed by atoms with Gasteiger partial charge in [0, 0.05) is 5.02 Å². The van der Waals surface area contributed by atoms with E-state index in [0.29, 0.717) is 5.56 Å². The average Bonchev–Trinajstić information content (AvgIpc) is 2.10. The van der Waals surface area contributed by atoms with Gasteiger partial charge in [-0.25, -0.2) is 0 Å². The van der Waals surface area contributed by atoms with Gasteiger partial charge in [0.2, 0.25) is 0 Å². The summed E-state index contributed by atoms with van der Waals surface area (Å²) in [5.41, 5.74) is 2.66. The van der Waals surface area contributed by atoms with Crippen LogP contribution in [0.2, 0.25) is 5.02 Å². The maximum Gasteiger partial charge on any atom is 0.0994 e. The predicted octanol–water partition coefficient (Wildman–Crippen LogP) is 3.08. The second-order valence-electron chi connectivity index (χ2n) is 2.68. The molecule has 0 atom stereocenters. The molecule has 0 N–H and O–H groups in total. The van der Waals surface area contributed by atoms with Crippen molar-refractivity contribution in [2.75, 3.05) is 0 Å². The van der Waals surface area contributed by atoms with Crippen molar-refractivity contribution in [3.05, 3.63) is 33.8 Å². The second kappa shape index (κ2) is 3.60. The molecular formula is C10H10ClN. The topological polar surface area (TPSA) is 23.8 Å². The van der Waals surface area contributed by atoms with Crippen LogP contribution in [-0.4, -0.2) is 0 Å². The lowest BCUT2D eigenvalue weighted by Gasteiger charge is -2.05. The summed E-state index contributed by atoms with van der Waals surface area (Å²) in [6.45, 7) is 3.92. The molecule has 0 unspecified atom stereocenters. The first-order chi connectivity index (χ1) is 5.70. The SMILES string of the molecule is CCc1ccc(C#N)c(C)c1Cl. The first-order valence-corrected chi connectivity index (χ1v) is 4.26. The highest BCUT2D eigenvalue weighted by Gasteiger charge is 2.05. The normalized spacial score (nSPS) is 9.50. The van der Waals surface area contributed by atoms with Gasteiger partial charge in [-0.15, -0.1) is 0 Å². The summed E-state index contributed by atoms with van der Waals surface area (Å²) >= 11 is 6.03. The number of nitrogens with zero attached hydrogens (tertiary/aromatic N) is 1. The number of benzene rings is 1. The molecule has 0 aliphatic carbocycles. The highest BCUT2D eigenvalue weighted by Crippen LogP contribution is 2.23. The third-order valence-electron chi connectivity index (χ3n) is 1.97. The monoisotopic (exact) mass is 179 g/mol. The van der Waals surface area contributed by atoms with Crippen LogP contribution >= 0.6 is 11.6 Å². The molecule has 1 rings (SSSR count). The number of hydrogen-bond acceptors (Lipinski definition) is 1. The smallest absolute Gasteiger partial charge is 0.0994 e. The lowest BCUT2D eigenvalue weighted by atomic mass is 10.0. The van der Waals surface area contributed by atoms with E-state index in [1.165, 1.54) is 0 Å². The van der Waals surface area contributed by atoms with Gasteiger partial charge in [-0.1, -0.05) is 24.6 Å². The van der Waals surface area contributed by atoms with Gasteiger partial charge in [-0.2, -0.15) is 5.26 Å². The third-order valence-corrected chi connectivity index (χ3v) is 2.49. The number of aryl methyl sites for hydroxylation is 1. The van der Waals surface area contributed by atoms with Gasteiger partial charge in [-0.05, 0) is 30.5 Å². The molecule has 62 valence electrons. The number of halogens is 1. The van der Waals surface area contributed by atoms with E-state index >= 15 is 0 Å². The maximum absolute atomic E-state index is 8.70. The van der Waals surface area contributed by atoms with Crippen molar-refractivity contribution in [1.29, 1.82) is 5.26 Å². The van der Waals surface area contributed by atoms with E-state index in [1.54, 1.807) is 0 Å². The van der Waals surface area contributed by atoms with E-state index in [2.05, 4.69) is 6.07 Å². The molecule has 0 aliphatic heterocycles. The van der Waals surface area contributed by atoms with Crippen molar-refractivity contribution in [3.8, 4) is 6.07 Å². The molecule has 0 aliphatic rings. The van der Waals surface area contributed by atoms with Crippen LogP contribution in [0.3, 0.4) is 0 Å². The van der Waals surface area contributed by atoms with Crippen LogP contribution in [0, 0.1) is 18.3 Å². The molecular weight excluding hydrogens is 170 g/mol. The molecule has 2 heteroatoms. The van der Waals surface area contributed by atoms with Gasteiger partial charge in [0.25, 0.3) is 0 Å². The molecule has 1 aromatic rings. The van der Waals surface area contributed by atoms with Crippen LogP contribution in [-0.2, 0) is 6.42 Å². The molecule has 0 amide bonds. The molecule has 0 aromatic heterocycles. The Morgan fingerprint density at radius 1 is 1.50 bits per heavy atom. The van der Waals surface area contributed by atoms with Crippen molar-refractivity contribution in [2.24, 2.45) is 0 Å². The molecule has 0 bridgehead atoms. The fourth-order valence-corrected chi connectivity index (χ4v) is 1.43. The second-order valence-corrected chi connectivity index (χ2v) is 3.05. The minimum Gasteiger partial charge on any atom is -0.192 e. The van der Waals surface area contributed by atoms with Gasteiger partial charge in [0.05, 0.1) is 11.6 Å². The van der Waals surface area contributed by atoms with Crippen LogP contribution in [0.15, 0.2) is 12.1 Å². The van der Waals surface area contributed by atoms with Gasteiger partial charge >= 0.3 is 0 Å². The Morgan fingerprint density at radius 3 is 2.67 bits per heavy atom. The van der Waals surface area contributed by atoms with E-state index in [4.69, 9.17) is 16.9 Å². The largest absolute Gasteiger partial charge is 0.192 e. The molecule has 1 aromatic carbocycles. The van der Waals surface area contributed by atoms with Gasteiger partial charge in [0.15, 0.2) is 0 Å². The van der Waals surface area contributed by atoms with Crippen LogP contribution in [0.1, 0.15) is 23.6 Å². The molecule has 12 heavy (non-hydrogen) atoms. The summed E-state index contributed by atoms with van der Waals surface area (Å²) in [7, 11) is 0. The quantitative estimate of drug-likeness (QED) is 0.650. The van der Waals surface area contributed by atoms with Crippen molar-refractivity contribution >= 4 is 11.6 Å². The van der Waals surface area contributed by atoms with E-state index in [9.17, 15) is 0 Å². The Kier molecular flexibility index (Phi) is 2.73. The van der Waals surface area contributed by atoms with Crippen LogP contribution in [0.4, 0.5) is 0 Å². The summed E-state index contributed by atoms with van der Waals surface area (Å²) in [5.74, 6) is 0. The van der Waals surface area contributed by atoms with Gasteiger partial charge in [-0.3, -0.25) is 0 Å². The standard InChI is InChI=1S/C10H10ClN/c1-3-8-4-5-9(6-12)7(2)10(8)11/h4-5H,3H2,1-2H3. The zero-order chi connectivity index (χ0) is 9.14. The van der Waals surface area contributed by atoms with Crippen molar-refractivity contribution < 1.29 is 0 Å². The lowest BCUT2D eigenvalue weighted by molar-refractivity contribution is 1.13. The molecule has 0 spiro atoms. The first-order valence-electron chi connectivity index (χ1n) is 3.88. The molecule has 0 saturated carbocycles. The van der Waals surface area contributed by atoms with E-state index in [-0.39, 0.29) is 0 Å². The molecule has 0 saturated heterocycles. The first kappa shape index (κ1) is 9.09. The molecule has 0 heterocycles. The Bertz CT molecular complexity index is 336. The zero-order valence-corrected chi connectivity index (χ0v) is 7.94. The summed E-state index contributed by atoms with van der Waals surface area (Å²) in [5, 5.41) is 9.43. The molecule has 0 radical (unpaired) electrons. The highest BCUT2D eigenvalue weighted by molar-refractivity contribution is 6.32. The fraction of sp³-hybridized carbons (Fsp3) is 0.300. The van der Waals surface area contributed by atoms with Crippen molar-refractivity contribution in [3.63, 3.8) is 0 Å². The van der Waals surface area contributed by atoms with Gasteiger partial charge in [0.1, 0.15) is 0 Å². The van der Waals surface area contributed by atoms with Crippen LogP contribution in [0.5, 0.6) is 0 Å². The summed E-state index contributed by atoms with van der Waals surface area (Å²) in [6.07, 6.45) is 0.908. The van der Waals surface area contributed by atoms with Gasteiger partial charge < -0.3 is 0 Å². The third kappa shape index (κ3) is 1.44. The zero-order valence-electron chi connectivity index (χ0n) is 7.19. The average molecular weight is 180 g/mol. The Balaban J connectivity index is 3.32. The van der Waals surface area contributed by atoms with Crippen LogP contribution in [0.25, 0.3) is 0 Å². The van der Waals surface area contributed by atoms with E-state index in [1.807, 2.05) is 26.0 Å². The van der Waals surface area contributed by atoms with Crippen molar-refractivity contribution in [1.82, 2.24) is 0 Å². The number of hydrogen-bond donors (Lipinski definition) is 0. The fourth-order valence-electron chi connectivity index (χ4n) is 1.14. The van der Waals surface area contributed by atoms with E-state index in [0.717, 1.165) is 22.6 Å². The van der Waals surface area contributed by atoms with Crippen LogP contribution < -0.4 is 0 Å². The molecule has 1 nitrogen and oxygen atoms in total. The summed E-state index contributed by atoms with van der Waals surface area (Å²) in [4.78, 5) is 0. The molecule has 0 fully saturated rings. The summed E-state index contributed by atoms with van der Waals surface area (Å²) < 4.78 is 0. The predicted molar refractivity (Wildman–Crippen MR) is 50.3 cm³/mol. The highest BCUT2D eigenvalue weighted by atomic mass is 35.5. The van der Waals surface area contributed by atoms with Crippen molar-refractivity contribution in [2.45, 2.75) is 20.3 Å². The Labute approximate surface area is 77.6 Å². The maximum atomic E-state index is 8.70. The Morgan fingerprint density at radius 2 is 2.17 bits per heavy atom. The minimum absolute atomic E-state index is 0.664. The lowest BCUT2D eigenvalue weighted by Crippen LogP contribution is -1.89. The van der Waals surface area contributed by atoms with E-state index < -0.39 is 0 Å². The number of nitriles is 1.